The summed E-state index contributed by atoms with van der Waals surface area (Å²) in [4.78, 5) is 16.4. The molecule has 0 heterocycles. The van der Waals surface area contributed by atoms with Crippen LogP contribution in [0.1, 0.15) is 22.8 Å². The molecule has 1 amide bonds. The van der Waals surface area contributed by atoms with E-state index in [0.29, 0.717) is 41.7 Å². The first kappa shape index (κ1) is 23.2. The number of aliphatic imine (C=N–C) groups is 1. The molecule has 0 saturated heterocycles. The van der Waals surface area contributed by atoms with Gasteiger partial charge < -0.3 is 16.0 Å². The lowest BCUT2D eigenvalue weighted by Gasteiger charge is -2.12. The molecular formula is C19H23ClFIN4O. The van der Waals surface area contributed by atoms with Gasteiger partial charge >= 0.3 is 0 Å². The SMILES string of the molecule is CCNC(=NCc1ccccc1F)NCCNC(=O)c1ccc(Cl)cc1.I. The highest BCUT2D eigenvalue weighted by atomic mass is 127. The van der Waals surface area contributed by atoms with Crippen molar-refractivity contribution >= 4 is 47.4 Å². The van der Waals surface area contributed by atoms with Crippen LogP contribution in [0, 0.1) is 5.82 Å². The minimum Gasteiger partial charge on any atom is -0.357 e. The molecule has 0 radical (unpaired) electrons. The molecule has 0 bridgehead atoms. The Morgan fingerprint density at radius 2 is 1.70 bits per heavy atom. The Morgan fingerprint density at radius 1 is 1.04 bits per heavy atom. The van der Waals surface area contributed by atoms with Gasteiger partial charge in [-0.05, 0) is 37.3 Å². The Balaban J connectivity index is 0.00000364. The number of nitrogens with one attached hydrogen (secondary N) is 3. The number of amides is 1. The number of benzene rings is 2. The Hall–Kier alpha value is -1.87. The molecule has 8 heteroatoms. The molecule has 0 saturated carbocycles. The summed E-state index contributed by atoms with van der Waals surface area (Å²) in [6, 6.07) is 13.2. The maximum absolute atomic E-state index is 13.6. The number of guanidine groups is 1. The Morgan fingerprint density at radius 3 is 2.37 bits per heavy atom. The molecule has 27 heavy (non-hydrogen) atoms. The second-order valence-electron chi connectivity index (χ2n) is 5.48. The van der Waals surface area contributed by atoms with Crippen molar-refractivity contribution in [2.24, 2.45) is 4.99 Å². The first-order valence-corrected chi connectivity index (χ1v) is 8.77. The summed E-state index contributed by atoms with van der Waals surface area (Å²) >= 11 is 5.81. The Bertz CT molecular complexity index is 756. The fourth-order valence-electron chi connectivity index (χ4n) is 2.19. The number of carbonyl (C=O) groups excluding carboxylic acids is 1. The van der Waals surface area contributed by atoms with Crippen molar-refractivity contribution in [1.29, 1.82) is 0 Å². The number of halogens is 3. The van der Waals surface area contributed by atoms with Gasteiger partial charge in [0.25, 0.3) is 5.91 Å². The van der Waals surface area contributed by atoms with Gasteiger partial charge in [-0.25, -0.2) is 9.38 Å². The summed E-state index contributed by atoms with van der Waals surface area (Å²) in [6.07, 6.45) is 0. The van der Waals surface area contributed by atoms with Crippen molar-refractivity contribution in [3.63, 3.8) is 0 Å². The standard InChI is InChI=1S/C19H22ClFN4O.HI/c1-2-22-19(25-13-15-5-3-4-6-17(15)21)24-12-11-23-18(26)14-7-9-16(20)10-8-14;/h3-10H,2,11-13H2,1H3,(H,23,26)(H2,22,24,25);1H. The lowest BCUT2D eigenvalue weighted by Crippen LogP contribution is -2.41. The molecule has 2 aromatic rings. The van der Waals surface area contributed by atoms with Crippen LogP contribution in [0.5, 0.6) is 0 Å². The minimum atomic E-state index is -0.276. The molecule has 0 aliphatic carbocycles. The number of carbonyl (C=O) groups is 1. The van der Waals surface area contributed by atoms with Gasteiger partial charge in [-0.15, -0.1) is 24.0 Å². The molecule has 146 valence electrons. The molecule has 2 aromatic carbocycles. The van der Waals surface area contributed by atoms with Crippen molar-refractivity contribution in [1.82, 2.24) is 16.0 Å². The highest BCUT2D eigenvalue weighted by Gasteiger charge is 2.05. The summed E-state index contributed by atoms with van der Waals surface area (Å²) in [5, 5.41) is 9.59. The van der Waals surface area contributed by atoms with Gasteiger partial charge in [-0.2, -0.15) is 0 Å². The van der Waals surface area contributed by atoms with E-state index in [0.717, 1.165) is 0 Å². The third kappa shape index (κ3) is 8.13. The third-order valence-corrected chi connectivity index (χ3v) is 3.77. The molecule has 2 rings (SSSR count). The van der Waals surface area contributed by atoms with E-state index in [-0.39, 0.29) is 42.2 Å². The van der Waals surface area contributed by atoms with Gasteiger partial charge in [0.15, 0.2) is 5.96 Å². The van der Waals surface area contributed by atoms with E-state index in [2.05, 4.69) is 20.9 Å². The fourth-order valence-corrected chi connectivity index (χ4v) is 2.32. The maximum Gasteiger partial charge on any atom is 0.251 e. The molecule has 5 nitrogen and oxygen atoms in total. The summed E-state index contributed by atoms with van der Waals surface area (Å²) in [7, 11) is 0. The summed E-state index contributed by atoms with van der Waals surface area (Å²) < 4.78 is 13.6. The van der Waals surface area contributed by atoms with Crippen molar-refractivity contribution in [3.05, 3.63) is 70.5 Å². The van der Waals surface area contributed by atoms with Gasteiger partial charge in [0.2, 0.25) is 0 Å². The van der Waals surface area contributed by atoms with Crippen LogP contribution in [0.3, 0.4) is 0 Å². The van der Waals surface area contributed by atoms with Crippen LogP contribution in [0.4, 0.5) is 4.39 Å². The average molecular weight is 505 g/mol. The average Bonchev–Trinajstić information content (AvgIpc) is 2.64. The number of rotatable bonds is 7. The van der Waals surface area contributed by atoms with Crippen molar-refractivity contribution in [3.8, 4) is 0 Å². The van der Waals surface area contributed by atoms with E-state index < -0.39 is 0 Å². The molecule has 3 N–H and O–H groups in total. The van der Waals surface area contributed by atoms with Crippen LogP contribution in [0.15, 0.2) is 53.5 Å². The van der Waals surface area contributed by atoms with Crippen LogP contribution in [-0.4, -0.2) is 31.5 Å². The van der Waals surface area contributed by atoms with Gasteiger partial charge in [0.05, 0.1) is 6.54 Å². The molecule has 0 aromatic heterocycles. The zero-order valence-corrected chi connectivity index (χ0v) is 18.1. The normalized spacial score (nSPS) is 10.7. The second-order valence-corrected chi connectivity index (χ2v) is 5.91. The first-order valence-electron chi connectivity index (χ1n) is 8.39. The van der Waals surface area contributed by atoms with Crippen LogP contribution >= 0.6 is 35.6 Å². The van der Waals surface area contributed by atoms with E-state index in [1.807, 2.05) is 6.92 Å². The maximum atomic E-state index is 13.6. The lowest BCUT2D eigenvalue weighted by atomic mass is 10.2. The summed E-state index contributed by atoms with van der Waals surface area (Å²) in [5.74, 6) is 0.121. The molecular weight excluding hydrogens is 482 g/mol. The van der Waals surface area contributed by atoms with Crippen LogP contribution in [0.2, 0.25) is 5.02 Å². The molecule has 0 aliphatic rings. The van der Waals surface area contributed by atoms with Crippen molar-refractivity contribution in [2.75, 3.05) is 19.6 Å². The Labute approximate surface area is 180 Å². The first-order chi connectivity index (χ1) is 12.6. The zero-order valence-electron chi connectivity index (χ0n) is 15.0. The van der Waals surface area contributed by atoms with Crippen LogP contribution in [0.25, 0.3) is 0 Å². The quantitative estimate of drug-likeness (QED) is 0.234. The fraction of sp³-hybridized carbons (Fsp3) is 0.263. The number of nitrogens with zero attached hydrogens (tertiary/aromatic N) is 1. The second kappa shape index (κ2) is 12.5. The van der Waals surface area contributed by atoms with Gasteiger partial charge in [-0.3, -0.25) is 4.79 Å². The predicted octanol–water partition coefficient (Wildman–Crippen LogP) is 3.58. The molecule has 0 unspecified atom stereocenters. The number of hydrogen-bond donors (Lipinski definition) is 3. The van der Waals surface area contributed by atoms with E-state index >= 15 is 0 Å². The van der Waals surface area contributed by atoms with E-state index in [1.165, 1.54) is 6.07 Å². The highest BCUT2D eigenvalue weighted by Crippen LogP contribution is 2.09. The molecule has 0 aliphatic heterocycles. The number of hydrogen-bond acceptors (Lipinski definition) is 2. The van der Waals surface area contributed by atoms with Crippen molar-refractivity contribution in [2.45, 2.75) is 13.5 Å². The van der Waals surface area contributed by atoms with Crippen LogP contribution in [-0.2, 0) is 6.54 Å². The highest BCUT2D eigenvalue weighted by molar-refractivity contribution is 14.0. The van der Waals surface area contributed by atoms with E-state index in [4.69, 9.17) is 11.6 Å². The monoisotopic (exact) mass is 504 g/mol. The van der Waals surface area contributed by atoms with E-state index in [1.54, 1.807) is 42.5 Å². The molecule has 0 fully saturated rings. The minimum absolute atomic E-state index is 0. The lowest BCUT2D eigenvalue weighted by molar-refractivity contribution is 0.0954. The Kier molecular flexibility index (Phi) is 10.7. The topological polar surface area (TPSA) is 65.5 Å². The molecule has 0 spiro atoms. The third-order valence-electron chi connectivity index (χ3n) is 3.52. The largest absolute Gasteiger partial charge is 0.357 e. The van der Waals surface area contributed by atoms with Gasteiger partial charge in [0, 0.05) is 35.8 Å². The smallest absolute Gasteiger partial charge is 0.251 e. The molecule has 0 atom stereocenters. The van der Waals surface area contributed by atoms with Crippen molar-refractivity contribution < 1.29 is 9.18 Å². The van der Waals surface area contributed by atoms with Gasteiger partial charge in [-0.1, -0.05) is 29.8 Å². The summed E-state index contributed by atoms with van der Waals surface area (Å²) in [6.45, 7) is 3.77. The zero-order chi connectivity index (χ0) is 18.8. The predicted molar refractivity (Wildman–Crippen MR) is 118 cm³/mol. The van der Waals surface area contributed by atoms with Gasteiger partial charge in [0.1, 0.15) is 5.82 Å². The van der Waals surface area contributed by atoms with Crippen LogP contribution < -0.4 is 16.0 Å². The van der Waals surface area contributed by atoms with E-state index in [9.17, 15) is 9.18 Å². The summed E-state index contributed by atoms with van der Waals surface area (Å²) in [5.41, 5.74) is 1.08.